The zero-order chi connectivity index (χ0) is 17.1. The number of carbonyl (C=O) groups excluding carboxylic acids is 1. The number of rotatable bonds is 3. The fraction of sp³-hybridized carbons (Fsp3) is 0.312. The van der Waals surface area contributed by atoms with Crippen molar-refractivity contribution in [2.45, 2.75) is 0 Å². The van der Waals surface area contributed by atoms with E-state index in [9.17, 15) is 9.59 Å². The first-order valence-corrected chi connectivity index (χ1v) is 9.49. The molecule has 5 nitrogen and oxygen atoms in total. The van der Waals surface area contributed by atoms with Gasteiger partial charge in [-0.15, -0.1) is 0 Å². The molecule has 1 saturated heterocycles. The molecule has 0 unspecified atom stereocenters. The lowest BCUT2D eigenvalue weighted by atomic mass is 10.1. The molecule has 1 aromatic carbocycles. The molecular weight excluding hydrogens is 414 g/mol. The van der Waals surface area contributed by atoms with Gasteiger partial charge < -0.3 is 14.1 Å². The number of nitrogens with zero attached hydrogens (tertiary/aromatic N) is 1. The number of thioether (sulfide) groups is 1. The average Bonchev–Trinajstić information content (AvgIpc) is 2.60. The van der Waals surface area contributed by atoms with E-state index < -0.39 is 5.63 Å². The van der Waals surface area contributed by atoms with E-state index in [1.165, 1.54) is 11.8 Å². The topological polar surface area (TPSA) is 59.8 Å². The lowest BCUT2D eigenvalue weighted by molar-refractivity contribution is 0.0702. The van der Waals surface area contributed by atoms with Crippen LogP contribution < -0.4 is 5.63 Å². The van der Waals surface area contributed by atoms with Crippen LogP contribution in [-0.2, 0) is 4.74 Å². The number of halogens is 1. The van der Waals surface area contributed by atoms with Crippen molar-refractivity contribution >= 4 is 61.0 Å². The second kappa shape index (κ2) is 7.77. The molecule has 0 aliphatic carbocycles. The van der Waals surface area contributed by atoms with Gasteiger partial charge in [-0.05, 0) is 24.3 Å². The Morgan fingerprint density at radius 2 is 2.04 bits per heavy atom. The molecule has 8 heteroatoms. The van der Waals surface area contributed by atoms with Gasteiger partial charge in [0.2, 0.25) is 0 Å². The van der Waals surface area contributed by atoms with E-state index in [0.29, 0.717) is 28.5 Å². The summed E-state index contributed by atoms with van der Waals surface area (Å²) in [5.41, 5.74) is -0.109. The number of ether oxygens (including phenoxy) is 1. The Labute approximate surface area is 156 Å². The zero-order valence-electron chi connectivity index (χ0n) is 12.6. The van der Waals surface area contributed by atoms with Gasteiger partial charge in [-0.3, -0.25) is 4.79 Å². The maximum atomic E-state index is 12.4. The standard InChI is InChI=1S/C16H14BrNO4S2/c17-11-1-2-14-10(7-11)8-12(15(20)22-14)13(19)9-24-16(23)18-3-5-21-6-4-18/h1-2,7-8H,3-6,9H2. The number of Topliss-reactive ketones (excluding diaryl/α,β-unsaturated/α-hetero) is 1. The molecule has 0 atom stereocenters. The summed E-state index contributed by atoms with van der Waals surface area (Å²) >= 11 is 9.97. The average molecular weight is 428 g/mol. The fourth-order valence-electron chi connectivity index (χ4n) is 2.33. The Balaban J connectivity index is 1.72. The second-order valence-corrected chi connectivity index (χ2v) is 7.73. The van der Waals surface area contributed by atoms with Gasteiger partial charge in [0.25, 0.3) is 0 Å². The minimum absolute atomic E-state index is 0.0536. The molecule has 0 radical (unpaired) electrons. The van der Waals surface area contributed by atoms with Gasteiger partial charge in [0.15, 0.2) is 5.78 Å². The van der Waals surface area contributed by atoms with Crippen molar-refractivity contribution in [3.05, 3.63) is 44.7 Å². The minimum atomic E-state index is -0.618. The van der Waals surface area contributed by atoms with Crippen LogP contribution in [0.15, 0.2) is 37.9 Å². The van der Waals surface area contributed by atoms with Crippen LogP contribution in [0.3, 0.4) is 0 Å². The maximum absolute atomic E-state index is 12.4. The van der Waals surface area contributed by atoms with E-state index in [0.717, 1.165) is 17.6 Å². The van der Waals surface area contributed by atoms with Crippen molar-refractivity contribution in [1.82, 2.24) is 4.90 Å². The predicted molar refractivity (Wildman–Crippen MR) is 102 cm³/mol. The Hall–Kier alpha value is -1.22. The molecule has 1 fully saturated rings. The summed E-state index contributed by atoms with van der Waals surface area (Å²) in [4.78, 5) is 26.4. The number of hydrogen-bond acceptors (Lipinski definition) is 6. The van der Waals surface area contributed by atoms with Crippen molar-refractivity contribution in [1.29, 1.82) is 0 Å². The molecule has 0 spiro atoms. The number of fused-ring (bicyclic) bond motifs is 1. The van der Waals surface area contributed by atoms with Crippen molar-refractivity contribution in [3.8, 4) is 0 Å². The van der Waals surface area contributed by atoms with Crippen molar-refractivity contribution in [3.63, 3.8) is 0 Å². The molecule has 2 heterocycles. The van der Waals surface area contributed by atoms with Gasteiger partial charge in [-0.2, -0.15) is 0 Å². The highest BCUT2D eigenvalue weighted by molar-refractivity contribution is 9.10. The van der Waals surface area contributed by atoms with E-state index in [4.69, 9.17) is 21.4 Å². The van der Waals surface area contributed by atoms with Gasteiger partial charge in [-0.25, -0.2) is 4.79 Å². The van der Waals surface area contributed by atoms with Crippen LogP contribution in [0.1, 0.15) is 10.4 Å². The molecule has 1 aliphatic rings. The van der Waals surface area contributed by atoms with Gasteiger partial charge >= 0.3 is 5.63 Å². The first-order chi connectivity index (χ1) is 11.5. The van der Waals surface area contributed by atoms with Crippen LogP contribution in [0.25, 0.3) is 11.0 Å². The van der Waals surface area contributed by atoms with Crippen molar-refractivity contribution in [2.75, 3.05) is 32.1 Å². The summed E-state index contributed by atoms with van der Waals surface area (Å²) in [5.74, 6) is -0.174. The normalized spacial score (nSPS) is 14.8. The SMILES string of the molecule is O=C(CSC(=S)N1CCOCC1)c1cc2cc(Br)ccc2oc1=O. The summed E-state index contributed by atoms with van der Waals surface area (Å²) in [6.07, 6.45) is 0. The lowest BCUT2D eigenvalue weighted by Crippen LogP contribution is -2.38. The zero-order valence-corrected chi connectivity index (χ0v) is 15.8. The highest BCUT2D eigenvalue weighted by Gasteiger charge is 2.18. The molecule has 0 saturated carbocycles. The highest BCUT2D eigenvalue weighted by Crippen LogP contribution is 2.20. The number of carbonyl (C=O) groups is 1. The number of ketones is 1. The Morgan fingerprint density at radius 3 is 2.79 bits per heavy atom. The summed E-state index contributed by atoms with van der Waals surface area (Å²) in [6, 6.07) is 6.86. The molecule has 2 aromatic rings. The Bertz CT molecular complexity index is 846. The third kappa shape index (κ3) is 4.05. The first kappa shape index (κ1) is 17.6. The van der Waals surface area contributed by atoms with Crippen molar-refractivity contribution in [2.24, 2.45) is 0 Å². The quantitative estimate of drug-likeness (QED) is 0.423. The molecule has 1 aliphatic heterocycles. The molecule has 126 valence electrons. The summed E-state index contributed by atoms with van der Waals surface area (Å²) in [7, 11) is 0. The minimum Gasteiger partial charge on any atom is -0.422 e. The van der Waals surface area contributed by atoms with E-state index in [1.54, 1.807) is 24.3 Å². The van der Waals surface area contributed by atoms with Gasteiger partial charge in [0.05, 0.1) is 19.0 Å². The second-order valence-electron chi connectivity index (χ2n) is 5.21. The smallest absolute Gasteiger partial charge is 0.347 e. The number of morpholine rings is 1. The largest absolute Gasteiger partial charge is 0.422 e. The fourth-order valence-corrected chi connectivity index (χ4v) is 3.84. The third-order valence-electron chi connectivity index (χ3n) is 3.59. The third-order valence-corrected chi connectivity index (χ3v) is 5.61. The Morgan fingerprint density at radius 1 is 1.29 bits per heavy atom. The van der Waals surface area contributed by atoms with Crippen LogP contribution >= 0.6 is 39.9 Å². The monoisotopic (exact) mass is 427 g/mol. The van der Waals surface area contributed by atoms with E-state index >= 15 is 0 Å². The highest BCUT2D eigenvalue weighted by atomic mass is 79.9. The summed E-state index contributed by atoms with van der Waals surface area (Å²) in [6.45, 7) is 2.73. The van der Waals surface area contributed by atoms with Crippen LogP contribution in [-0.4, -0.2) is 47.1 Å². The van der Waals surface area contributed by atoms with E-state index in [-0.39, 0.29) is 17.1 Å². The summed E-state index contributed by atoms with van der Waals surface area (Å²) in [5, 5.41) is 0.702. The maximum Gasteiger partial charge on any atom is 0.347 e. The van der Waals surface area contributed by atoms with Gasteiger partial charge in [0, 0.05) is 22.9 Å². The molecule has 0 N–H and O–H groups in total. The van der Waals surface area contributed by atoms with E-state index in [1.807, 2.05) is 4.90 Å². The molecule has 3 rings (SSSR count). The Kier molecular flexibility index (Phi) is 5.70. The molecular formula is C16H14BrNO4S2. The molecule has 24 heavy (non-hydrogen) atoms. The number of hydrogen-bond donors (Lipinski definition) is 0. The van der Waals surface area contributed by atoms with Gasteiger partial charge in [0.1, 0.15) is 15.5 Å². The van der Waals surface area contributed by atoms with E-state index in [2.05, 4.69) is 15.9 Å². The lowest BCUT2D eigenvalue weighted by Gasteiger charge is -2.28. The van der Waals surface area contributed by atoms with Crippen LogP contribution in [0.4, 0.5) is 0 Å². The summed E-state index contributed by atoms with van der Waals surface area (Å²) < 4.78 is 12.0. The van der Waals surface area contributed by atoms with Crippen molar-refractivity contribution < 1.29 is 13.9 Å². The molecule has 1 aromatic heterocycles. The number of thiocarbonyl (C=S) groups is 1. The molecule has 0 bridgehead atoms. The van der Waals surface area contributed by atoms with Crippen LogP contribution in [0.5, 0.6) is 0 Å². The van der Waals surface area contributed by atoms with Crippen LogP contribution in [0.2, 0.25) is 0 Å². The predicted octanol–water partition coefficient (Wildman–Crippen LogP) is 3.09. The molecule has 0 amide bonds. The first-order valence-electron chi connectivity index (χ1n) is 7.30. The van der Waals surface area contributed by atoms with Crippen LogP contribution in [0, 0.1) is 0 Å². The van der Waals surface area contributed by atoms with Gasteiger partial charge in [-0.1, -0.05) is 39.9 Å². The number of benzene rings is 1.